The second-order valence-electron chi connectivity index (χ2n) is 6.25. The fourth-order valence-electron chi connectivity index (χ4n) is 2.64. The van der Waals surface area contributed by atoms with Crippen LogP contribution in [-0.4, -0.2) is 32.5 Å². The smallest absolute Gasteiger partial charge is 0.279 e. The van der Waals surface area contributed by atoms with E-state index in [4.69, 9.17) is 4.74 Å². The molecule has 2 aromatic heterocycles. The fourth-order valence-corrected chi connectivity index (χ4v) is 2.64. The summed E-state index contributed by atoms with van der Waals surface area (Å²) in [5.74, 6) is -0.327. The number of nitrogens with zero attached hydrogens (tertiary/aromatic N) is 3. The number of nitrogens with one attached hydrogen (secondary N) is 2. The fraction of sp³-hybridized carbons (Fsp3) is 0.263. The van der Waals surface area contributed by atoms with Crippen molar-refractivity contribution in [3.05, 3.63) is 59.0 Å². The molecule has 140 valence electrons. The molecular weight excluding hydrogens is 346 g/mol. The maximum atomic E-state index is 12.5. The predicted molar refractivity (Wildman–Crippen MR) is 99.3 cm³/mol. The van der Waals surface area contributed by atoms with Gasteiger partial charge in [-0.1, -0.05) is 12.1 Å². The van der Waals surface area contributed by atoms with Crippen LogP contribution in [0.25, 0.3) is 5.65 Å². The van der Waals surface area contributed by atoms with E-state index in [1.54, 1.807) is 38.4 Å². The second kappa shape index (κ2) is 7.45. The van der Waals surface area contributed by atoms with Gasteiger partial charge in [-0.05, 0) is 51.0 Å². The molecule has 0 saturated heterocycles. The van der Waals surface area contributed by atoms with Crippen molar-refractivity contribution >= 4 is 17.5 Å². The molecule has 8 nitrogen and oxygen atoms in total. The van der Waals surface area contributed by atoms with Gasteiger partial charge in [-0.2, -0.15) is 5.10 Å². The van der Waals surface area contributed by atoms with Gasteiger partial charge < -0.3 is 4.74 Å². The highest BCUT2D eigenvalue weighted by atomic mass is 16.5. The first-order chi connectivity index (χ1) is 12.9. The third-order valence-electron chi connectivity index (χ3n) is 4.32. The summed E-state index contributed by atoms with van der Waals surface area (Å²) in [6, 6.07) is 7.36. The molecule has 1 unspecified atom stereocenters. The van der Waals surface area contributed by atoms with Gasteiger partial charge in [0.25, 0.3) is 11.8 Å². The van der Waals surface area contributed by atoms with E-state index in [1.165, 1.54) is 4.52 Å². The first-order valence-electron chi connectivity index (χ1n) is 8.51. The summed E-state index contributed by atoms with van der Waals surface area (Å²) in [7, 11) is 0. The van der Waals surface area contributed by atoms with Crippen LogP contribution in [0.1, 0.15) is 34.1 Å². The number of amides is 2. The molecule has 0 aliphatic rings. The average Bonchev–Trinajstić information content (AvgIpc) is 2.98. The van der Waals surface area contributed by atoms with E-state index < -0.39 is 17.9 Å². The molecule has 2 heterocycles. The van der Waals surface area contributed by atoms with Gasteiger partial charge in [-0.3, -0.25) is 20.4 Å². The van der Waals surface area contributed by atoms with Gasteiger partial charge in [-0.25, -0.2) is 9.50 Å². The van der Waals surface area contributed by atoms with Crippen LogP contribution in [0.2, 0.25) is 0 Å². The van der Waals surface area contributed by atoms with Gasteiger partial charge in [-0.15, -0.1) is 0 Å². The van der Waals surface area contributed by atoms with Crippen molar-refractivity contribution in [1.82, 2.24) is 25.4 Å². The lowest BCUT2D eigenvalue weighted by molar-refractivity contribution is -0.128. The monoisotopic (exact) mass is 367 g/mol. The molecule has 2 amide bonds. The van der Waals surface area contributed by atoms with Gasteiger partial charge in [0.1, 0.15) is 11.3 Å². The highest BCUT2D eigenvalue weighted by Gasteiger charge is 2.21. The number of aryl methyl sites for hydroxylation is 2. The number of carbonyl (C=O) groups excluding carboxylic acids is 2. The third kappa shape index (κ3) is 3.74. The number of benzene rings is 1. The number of ether oxygens (including phenoxy) is 1. The standard InChI is InChI=1S/C19H21N5O3/c1-11-7-5-8-15(12(11)2)27-14(4)18(25)21-22-19(26)16-13(3)23-24-10-6-9-20-17(16)24/h5-10,14H,1-4H3,(H,21,25)(H,22,26). The Labute approximate surface area is 156 Å². The molecule has 8 heteroatoms. The molecule has 2 N–H and O–H groups in total. The number of hydrogen-bond donors (Lipinski definition) is 2. The molecular formula is C19H21N5O3. The Morgan fingerprint density at radius 1 is 1.15 bits per heavy atom. The summed E-state index contributed by atoms with van der Waals surface area (Å²) in [5, 5.41) is 4.23. The Balaban J connectivity index is 1.65. The average molecular weight is 367 g/mol. The van der Waals surface area contributed by atoms with E-state index in [0.29, 0.717) is 22.7 Å². The second-order valence-corrected chi connectivity index (χ2v) is 6.25. The summed E-state index contributed by atoms with van der Waals surface area (Å²) in [4.78, 5) is 28.9. The van der Waals surface area contributed by atoms with Crippen molar-refractivity contribution in [1.29, 1.82) is 0 Å². The lowest BCUT2D eigenvalue weighted by atomic mass is 10.1. The molecule has 0 aliphatic heterocycles. The van der Waals surface area contributed by atoms with E-state index >= 15 is 0 Å². The highest BCUT2D eigenvalue weighted by Crippen LogP contribution is 2.21. The normalized spacial score (nSPS) is 11.9. The van der Waals surface area contributed by atoms with Gasteiger partial charge in [0.05, 0.1) is 5.69 Å². The van der Waals surface area contributed by atoms with Crippen LogP contribution in [0.4, 0.5) is 0 Å². The zero-order chi connectivity index (χ0) is 19.6. The Bertz CT molecular complexity index is 1010. The minimum Gasteiger partial charge on any atom is -0.481 e. The Hall–Kier alpha value is -3.42. The van der Waals surface area contributed by atoms with Crippen LogP contribution in [0, 0.1) is 20.8 Å². The van der Waals surface area contributed by atoms with Gasteiger partial charge in [0, 0.05) is 12.4 Å². The zero-order valence-corrected chi connectivity index (χ0v) is 15.6. The Morgan fingerprint density at radius 2 is 1.93 bits per heavy atom. The minimum atomic E-state index is -0.783. The quantitative estimate of drug-likeness (QED) is 0.686. The molecule has 0 bridgehead atoms. The van der Waals surface area contributed by atoms with Gasteiger partial charge in [0.2, 0.25) is 0 Å². The van der Waals surface area contributed by atoms with Crippen molar-refractivity contribution in [2.45, 2.75) is 33.8 Å². The number of fused-ring (bicyclic) bond motifs is 1. The van der Waals surface area contributed by atoms with Crippen LogP contribution in [0.15, 0.2) is 36.7 Å². The van der Waals surface area contributed by atoms with E-state index in [-0.39, 0.29) is 0 Å². The van der Waals surface area contributed by atoms with Crippen molar-refractivity contribution in [3.63, 3.8) is 0 Å². The van der Waals surface area contributed by atoms with Gasteiger partial charge in [0.15, 0.2) is 11.8 Å². The summed E-state index contributed by atoms with van der Waals surface area (Å²) < 4.78 is 7.22. The first-order valence-corrected chi connectivity index (χ1v) is 8.51. The summed E-state index contributed by atoms with van der Waals surface area (Å²) in [6.45, 7) is 7.22. The highest BCUT2D eigenvalue weighted by molar-refractivity contribution is 6.01. The van der Waals surface area contributed by atoms with Crippen molar-refractivity contribution < 1.29 is 14.3 Å². The van der Waals surface area contributed by atoms with E-state index in [1.807, 2.05) is 26.0 Å². The van der Waals surface area contributed by atoms with E-state index in [9.17, 15) is 9.59 Å². The molecule has 0 aliphatic carbocycles. The number of hydrogen-bond acceptors (Lipinski definition) is 5. The molecule has 0 saturated carbocycles. The topological polar surface area (TPSA) is 97.6 Å². The minimum absolute atomic E-state index is 0.305. The SMILES string of the molecule is Cc1cccc(OC(C)C(=O)NNC(=O)c2c(C)nn3cccnc23)c1C. The summed E-state index contributed by atoms with van der Waals surface area (Å²) >= 11 is 0. The van der Waals surface area contributed by atoms with Crippen molar-refractivity contribution in [2.24, 2.45) is 0 Å². The third-order valence-corrected chi connectivity index (χ3v) is 4.32. The van der Waals surface area contributed by atoms with Crippen LogP contribution < -0.4 is 15.6 Å². The lowest BCUT2D eigenvalue weighted by Crippen LogP contribution is -2.47. The lowest BCUT2D eigenvalue weighted by Gasteiger charge is -2.17. The van der Waals surface area contributed by atoms with E-state index in [0.717, 1.165) is 11.1 Å². The molecule has 1 atom stereocenters. The number of hydrazine groups is 1. The van der Waals surface area contributed by atoms with Crippen molar-refractivity contribution in [3.8, 4) is 5.75 Å². The Kier molecular flexibility index (Phi) is 5.07. The van der Waals surface area contributed by atoms with Crippen LogP contribution in [0.3, 0.4) is 0 Å². The molecule has 1 aromatic carbocycles. The predicted octanol–water partition coefficient (Wildman–Crippen LogP) is 1.88. The largest absolute Gasteiger partial charge is 0.481 e. The molecule has 0 fully saturated rings. The number of carbonyl (C=O) groups is 2. The molecule has 0 spiro atoms. The first kappa shape index (κ1) is 18.4. The van der Waals surface area contributed by atoms with Crippen LogP contribution in [-0.2, 0) is 4.79 Å². The maximum Gasteiger partial charge on any atom is 0.279 e. The number of rotatable bonds is 4. The molecule has 0 radical (unpaired) electrons. The van der Waals surface area contributed by atoms with Gasteiger partial charge >= 0.3 is 0 Å². The van der Waals surface area contributed by atoms with Crippen molar-refractivity contribution in [2.75, 3.05) is 0 Å². The van der Waals surface area contributed by atoms with Crippen LogP contribution in [0.5, 0.6) is 5.75 Å². The summed E-state index contributed by atoms with van der Waals surface area (Å²) in [5.41, 5.74) is 8.06. The molecule has 3 aromatic rings. The molecule has 3 rings (SSSR count). The molecule has 27 heavy (non-hydrogen) atoms. The maximum absolute atomic E-state index is 12.5. The Morgan fingerprint density at radius 3 is 2.70 bits per heavy atom. The number of aromatic nitrogens is 3. The van der Waals surface area contributed by atoms with Crippen LogP contribution >= 0.6 is 0 Å². The zero-order valence-electron chi connectivity index (χ0n) is 15.6. The summed E-state index contributed by atoms with van der Waals surface area (Å²) in [6.07, 6.45) is 2.49. The van der Waals surface area contributed by atoms with E-state index in [2.05, 4.69) is 20.9 Å².